The summed E-state index contributed by atoms with van der Waals surface area (Å²) in [7, 11) is 0. The van der Waals surface area contributed by atoms with Crippen LogP contribution < -0.4 is 0 Å². The highest BCUT2D eigenvalue weighted by Crippen LogP contribution is 2.13. The van der Waals surface area contributed by atoms with E-state index in [-0.39, 0.29) is 5.91 Å². The fourth-order valence-corrected chi connectivity index (χ4v) is 3.56. The number of aryl methyl sites for hydroxylation is 2. The molecule has 1 amide bonds. The Labute approximate surface area is 146 Å². The van der Waals surface area contributed by atoms with E-state index in [2.05, 4.69) is 22.0 Å². The van der Waals surface area contributed by atoms with Gasteiger partial charge in [-0.15, -0.1) is 11.3 Å². The zero-order valence-electron chi connectivity index (χ0n) is 14.3. The Kier molecular flexibility index (Phi) is 5.63. The number of aromatic nitrogens is 2. The Balaban J connectivity index is 1.51. The van der Waals surface area contributed by atoms with Crippen LogP contribution in [-0.2, 0) is 24.2 Å². The summed E-state index contributed by atoms with van der Waals surface area (Å²) in [5.41, 5.74) is 1.88. The van der Waals surface area contributed by atoms with E-state index >= 15 is 0 Å². The lowest BCUT2D eigenvalue weighted by atomic mass is 10.3. The molecule has 0 spiro atoms. The van der Waals surface area contributed by atoms with E-state index < -0.39 is 0 Å². The third-order valence-electron chi connectivity index (χ3n) is 4.29. The minimum absolute atomic E-state index is 0.176. The van der Waals surface area contributed by atoms with Crippen LogP contribution in [0, 0.1) is 6.92 Å². The lowest BCUT2D eigenvalue weighted by Crippen LogP contribution is -2.36. The molecular weight excluding hydrogens is 324 g/mol. The van der Waals surface area contributed by atoms with Crippen molar-refractivity contribution in [1.82, 2.24) is 19.9 Å². The predicted octanol–water partition coefficient (Wildman–Crippen LogP) is 2.28. The van der Waals surface area contributed by atoms with E-state index in [1.807, 2.05) is 23.3 Å². The zero-order chi connectivity index (χ0) is 16.9. The van der Waals surface area contributed by atoms with Crippen molar-refractivity contribution >= 4 is 17.2 Å². The van der Waals surface area contributed by atoms with Crippen LogP contribution in [0.2, 0.25) is 0 Å². The van der Waals surface area contributed by atoms with Crippen molar-refractivity contribution in [3.8, 4) is 0 Å². The van der Waals surface area contributed by atoms with Crippen LogP contribution in [0.4, 0.5) is 0 Å². The molecule has 0 aliphatic carbocycles. The molecule has 0 radical (unpaired) electrons. The van der Waals surface area contributed by atoms with E-state index in [0.29, 0.717) is 6.42 Å². The lowest BCUT2D eigenvalue weighted by molar-refractivity contribution is -0.130. The summed E-state index contributed by atoms with van der Waals surface area (Å²) in [5.74, 6) is 1.08. The highest BCUT2D eigenvalue weighted by Gasteiger charge is 2.20. The molecule has 6 nitrogen and oxygen atoms in total. The first kappa shape index (κ1) is 17.1. The number of hydrogen-bond acceptors (Lipinski definition) is 6. The van der Waals surface area contributed by atoms with Gasteiger partial charge in [0.05, 0.1) is 29.4 Å². The summed E-state index contributed by atoms with van der Waals surface area (Å²) < 4.78 is 5.38. The number of rotatable bonds is 5. The molecule has 0 aromatic carbocycles. The summed E-state index contributed by atoms with van der Waals surface area (Å²) in [6.07, 6.45) is 2.28. The minimum Gasteiger partial charge on any atom is -0.360 e. The normalized spacial score (nSPS) is 16.3. The number of carbonyl (C=O) groups is 1. The molecular formula is C17H24N4O2S. The quantitative estimate of drug-likeness (QED) is 0.829. The maximum Gasteiger partial charge on any atom is 0.228 e. The van der Waals surface area contributed by atoms with Crippen LogP contribution in [-0.4, -0.2) is 52.0 Å². The van der Waals surface area contributed by atoms with E-state index in [0.717, 1.165) is 67.7 Å². The first-order chi connectivity index (χ1) is 11.6. The average Bonchev–Trinajstić information content (AvgIpc) is 3.11. The molecule has 1 saturated heterocycles. The molecule has 2 aromatic heterocycles. The topological polar surface area (TPSA) is 62.5 Å². The van der Waals surface area contributed by atoms with Gasteiger partial charge in [-0.05, 0) is 19.8 Å². The van der Waals surface area contributed by atoms with Crippen molar-refractivity contribution in [3.05, 3.63) is 33.6 Å². The molecule has 0 atom stereocenters. The Bertz CT molecular complexity index is 682. The molecule has 1 fully saturated rings. The first-order valence-electron chi connectivity index (χ1n) is 8.49. The standard InChI is InChI=1S/C17H24N4O2S/c1-3-14-9-16(23-19-14)11-20-5-4-6-21(8-7-20)17(22)10-15-12-24-13(2)18-15/h9,12H,3-8,10-11H2,1-2H3. The second-order valence-electron chi connectivity index (χ2n) is 6.18. The Morgan fingerprint density at radius 3 is 2.88 bits per heavy atom. The Hall–Kier alpha value is -1.73. The summed E-state index contributed by atoms with van der Waals surface area (Å²) in [6, 6.07) is 2.03. The predicted molar refractivity (Wildman–Crippen MR) is 92.9 cm³/mol. The van der Waals surface area contributed by atoms with Crippen molar-refractivity contribution in [2.45, 2.75) is 39.7 Å². The summed E-state index contributed by atoms with van der Waals surface area (Å²) in [4.78, 5) is 21.2. The fraction of sp³-hybridized carbons (Fsp3) is 0.588. The molecule has 0 N–H and O–H groups in total. The largest absolute Gasteiger partial charge is 0.360 e. The van der Waals surface area contributed by atoms with Crippen LogP contribution in [0.15, 0.2) is 16.0 Å². The van der Waals surface area contributed by atoms with E-state index in [1.165, 1.54) is 0 Å². The Morgan fingerprint density at radius 1 is 1.29 bits per heavy atom. The molecule has 7 heteroatoms. The highest BCUT2D eigenvalue weighted by atomic mass is 32.1. The van der Waals surface area contributed by atoms with E-state index in [9.17, 15) is 4.79 Å². The molecule has 24 heavy (non-hydrogen) atoms. The monoisotopic (exact) mass is 348 g/mol. The van der Waals surface area contributed by atoms with Gasteiger partial charge in [-0.2, -0.15) is 0 Å². The van der Waals surface area contributed by atoms with Crippen LogP contribution in [0.5, 0.6) is 0 Å². The Morgan fingerprint density at radius 2 is 2.17 bits per heavy atom. The molecule has 2 aromatic rings. The third kappa shape index (κ3) is 4.42. The van der Waals surface area contributed by atoms with Crippen LogP contribution in [0.3, 0.4) is 0 Å². The molecule has 3 rings (SSSR count). The van der Waals surface area contributed by atoms with Gasteiger partial charge >= 0.3 is 0 Å². The SMILES string of the molecule is CCc1cc(CN2CCCN(C(=O)Cc3csc(C)n3)CC2)on1. The van der Waals surface area contributed by atoms with Crippen LogP contribution in [0.25, 0.3) is 0 Å². The number of amides is 1. The smallest absolute Gasteiger partial charge is 0.228 e. The minimum atomic E-state index is 0.176. The summed E-state index contributed by atoms with van der Waals surface area (Å²) >= 11 is 1.60. The van der Waals surface area contributed by atoms with Gasteiger partial charge in [-0.25, -0.2) is 4.98 Å². The van der Waals surface area contributed by atoms with Crippen LogP contribution >= 0.6 is 11.3 Å². The van der Waals surface area contributed by atoms with Gasteiger partial charge in [-0.3, -0.25) is 9.69 Å². The van der Waals surface area contributed by atoms with Gasteiger partial charge in [-0.1, -0.05) is 12.1 Å². The fourth-order valence-electron chi connectivity index (χ4n) is 2.95. The molecule has 1 aliphatic heterocycles. The molecule has 0 saturated carbocycles. The molecule has 3 heterocycles. The maximum atomic E-state index is 12.5. The highest BCUT2D eigenvalue weighted by molar-refractivity contribution is 7.09. The second-order valence-corrected chi connectivity index (χ2v) is 7.25. The average molecular weight is 348 g/mol. The second kappa shape index (κ2) is 7.90. The number of carbonyl (C=O) groups excluding carboxylic acids is 1. The van der Waals surface area contributed by atoms with Gasteiger partial charge in [0.1, 0.15) is 0 Å². The van der Waals surface area contributed by atoms with Crippen molar-refractivity contribution in [3.63, 3.8) is 0 Å². The van der Waals surface area contributed by atoms with Gasteiger partial charge in [0.25, 0.3) is 0 Å². The molecule has 0 unspecified atom stereocenters. The van der Waals surface area contributed by atoms with Crippen molar-refractivity contribution in [2.24, 2.45) is 0 Å². The van der Waals surface area contributed by atoms with Crippen molar-refractivity contribution in [1.29, 1.82) is 0 Å². The zero-order valence-corrected chi connectivity index (χ0v) is 15.1. The number of nitrogens with zero attached hydrogens (tertiary/aromatic N) is 4. The number of thiazole rings is 1. The van der Waals surface area contributed by atoms with Crippen molar-refractivity contribution < 1.29 is 9.32 Å². The molecule has 130 valence electrons. The van der Waals surface area contributed by atoms with Gasteiger partial charge in [0, 0.05) is 37.6 Å². The van der Waals surface area contributed by atoms with Gasteiger partial charge in [0.2, 0.25) is 5.91 Å². The van der Waals surface area contributed by atoms with Crippen molar-refractivity contribution in [2.75, 3.05) is 26.2 Å². The van der Waals surface area contributed by atoms with Gasteiger partial charge < -0.3 is 9.42 Å². The summed E-state index contributed by atoms with van der Waals surface area (Å²) in [6.45, 7) is 8.22. The van der Waals surface area contributed by atoms with Gasteiger partial charge in [0.15, 0.2) is 5.76 Å². The van der Waals surface area contributed by atoms with Crippen LogP contribution in [0.1, 0.15) is 35.5 Å². The number of hydrogen-bond donors (Lipinski definition) is 0. The lowest BCUT2D eigenvalue weighted by Gasteiger charge is -2.21. The van der Waals surface area contributed by atoms with E-state index in [4.69, 9.17) is 4.52 Å². The third-order valence-corrected chi connectivity index (χ3v) is 5.11. The summed E-state index contributed by atoms with van der Waals surface area (Å²) in [5, 5.41) is 7.03. The molecule has 1 aliphatic rings. The van der Waals surface area contributed by atoms with E-state index in [1.54, 1.807) is 11.3 Å². The maximum absolute atomic E-state index is 12.5. The molecule has 0 bridgehead atoms. The first-order valence-corrected chi connectivity index (χ1v) is 9.37.